The Morgan fingerprint density at radius 2 is 1.88 bits per heavy atom. The topological polar surface area (TPSA) is 66.4 Å². The van der Waals surface area contributed by atoms with Gasteiger partial charge in [0.15, 0.2) is 16.4 Å². The summed E-state index contributed by atoms with van der Waals surface area (Å²) in [5.74, 6) is -0.678. The van der Waals surface area contributed by atoms with Crippen molar-refractivity contribution in [3.63, 3.8) is 0 Å². The van der Waals surface area contributed by atoms with Crippen molar-refractivity contribution in [2.75, 3.05) is 12.9 Å². The van der Waals surface area contributed by atoms with Crippen molar-refractivity contribution in [2.45, 2.75) is 17.7 Å². The number of carbonyl (C=O) groups excluding carboxylic acids is 2. The summed E-state index contributed by atoms with van der Waals surface area (Å²) in [7, 11) is 1.27. The van der Waals surface area contributed by atoms with Crippen molar-refractivity contribution in [3.05, 3.63) is 30.3 Å². The summed E-state index contributed by atoms with van der Waals surface area (Å²) in [6.45, 7) is 0. The second-order valence-electron chi connectivity index (χ2n) is 3.42. The van der Waals surface area contributed by atoms with Gasteiger partial charge in [0, 0.05) is 6.42 Å². The number of Topliss-reactive ketones (excluding diaryl/α,β-unsaturated/α-hetero) is 1. The molecular formula is C12H14O4S. The summed E-state index contributed by atoms with van der Waals surface area (Å²) in [4.78, 5) is 22.9. The molecule has 0 aliphatic rings. The third kappa shape index (κ3) is 5.01. The van der Waals surface area contributed by atoms with Crippen LogP contribution in [0.1, 0.15) is 12.8 Å². The fourth-order valence-electron chi connectivity index (χ4n) is 1.22. The molecule has 0 radical (unpaired) electrons. The molecule has 0 saturated heterocycles. The third-order valence-corrected chi connectivity index (χ3v) is 3.52. The molecule has 1 rings (SSSR count). The second kappa shape index (κ2) is 7.09. The minimum atomic E-state index is -1.33. The van der Waals surface area contributed by atoms with Crippen molar-refractivity contribution in [2.24, 2.45) is 0 Å². The second-order valence-corrected chi connectivity index (χ2v) is 4.87. The van der Waals surface area contributed by atoms with E-state index in [1.54, 1.807) is 24.3 Å². The highest BCUT2D eigenvalue weighted by Crippen LogP contribution is 2.11. The number of ketones is 1. The van der Waals surface area contributed by atoms with Gasteiger partial charge in [-0.25, -0.2) is 0 Å². The van der Waals surface area contributed by atoms with E-state index in [0.717, 1.165) is 0 Å². The zero-order chi connectivity index (χ0) is 12.7. The Hall–Kier alpha value is -1.33. The largest absolute Gasteiger partial charge is 0.611 e. The molecule has 0 spiro atoms. The molecule has 0 N–H and O–H groups in total. The van der Waals surface area contributed by atoms with Gasteiger partial charge in [0.05, 0.1) is 13.5 Å². The molecule has 0 aromatic heterocycles. The maximum atomic E-state index is 11.7. The number of ether oxygens (including phenoxy) is 1. The number of benzene rings is 1. The Morgan fingerprint density at radius 3 is 2.47 bits per heavy atom. The summed E-state index contributed by atoms with van der Waals surface area (Å²) in [5, 5.41) is 0. The average Bonchev–Trinajstić information content (AvgIpc) is 2.36. The summed E-state index contributed by atoms with van der Waals surface area (Å²) >= 11 is -1.33. The average molecular weight is 254 g/mol. The van der Waals surface area contributed by atoms with E-state index in [9.17, 15) is 14.1 Å². The van der Waals surface area contributed by atoms with Crippen molar-refractivity contribution in [1.29, 1.82) is 0 Å². The zero-order valence-electron chi connectivity index (χ0n) is 9.55. The van der Waals surface area contributed by atoms with Gasteiger partial charge in [0.2, 0.25) is 0 Å². The molecule has 0 aliphatic carbocycles. The summed E-state index contributed by atoms with van der Waals surface area (Å²) in [6.07, 6.45) is 0.118. The molecule has 0 saturated carbocycles. The lowest BCUT2D eigenvalue weighted by Crippen LogP contribution is -2.17. The summed E-state index contributed by atoms with van der Waals surface area (Å²) in [5.41, 5.74) is 0. The molecule has 1 aromatic carbocycles. The number of carbonyl (C=O) groups is 2. The van der Waals surface area contributed by atoms with Crippen LogP contribution in [0.5, 0.6) is 0 Å². The number of hydrogen-bond acceptors (Lipinski definition) is 4. The highest BCUT2D eigenvalue weighted by atomic mass is 32.2. The van der Waals surface area contributed by atoms with Gasteiger partial charge in [0.1, 0.15) is 0 Å². The van der Waals surface area contributed by atoms with Crippen LogP contribution >= 0.6 is 0 Å². The fraction of sp³-hybridized carbons (Fsp3) is 0.333. The monoisotopic (exact) mass is 254 g/mol. The van der Waals surface area contributed by atoms with Crippen molar-refractivity contribution >= 4 is 22.9 Å². The molecule has 0 heterocycles. The molecule has 0 amide bonds. The van der Waals surface area contributed by atoms with Gasteiger partial charge in [-0.3, -0.25) is 9.59 Å². The van der Waals surface area contributed by atoms with Gasteiger partial charge in [0.25, 0.3) is 0 Å². The molecule has 1 aromatic rings. The lowest BCUT2D eigenvalue weighted by Gasteiger charge is -2.08. The predicted octanol–water partition coefficient (Wildman–Crippen LogP) is 1.32. The van der Waals surface area contributed by atoms with E-state index < -0.39 is 17.1 Å². The van der Waals surface area contributed by atoms with Gasteiger partial charge in [-0.15, -0.1) is 0 Å². The number of methoxy groups -OCH3 is 1. The highest BCUT2D eigenvalue weighted by molar-refractivity contribution is 7.92. The van der Waals surface area contributed by atoms with E-state index in [-0.39, 0.29) is 24.4 Å². The molecule has 1 unspecified atom stereocenters. The lowest BCUT2D eigenvalue weighted by atomic mass is 10.2. The Labute approximate surface area is 103 Å². The quantitative estimate of drug-likeness (QED) is 0.567. The van der Waals surface area contributed by atoms with E-state index in [4.69, 9.17) is 0 Å². The zero-order valence-corrected chi connectivity index (χ0v) is 10.4. The SMILES string of the molecule is COC(=O)CCC(=O)C[S+]([O-])c1ccccc1. The van der Waals surface area contributed by atoms with Gasteiger partial charge in [-0.05, 0) is 23.3 Å². The maximum absolute atomic E-state index is 11.7. The molecule has 0 fully saturated rings. The number of rotatable bonds is 6. The van der Waals surface area contributed by atoms with E-state index >= 15 is 0 Å². The van der Waals surface area contributed by atoms with E-state index in [2.05, 4.69) is 4.74 Å². The number of esters is 1. The molecule has 92 valence electrons. The van der Waals surface area contributed by atoms with Gasteiger partial charge in [-0.2, -0.15) is 0 Å². The highest BCUT2D eigenvalue weighted by Gasteiger charge is 2.16. The van der Waals surface area contributed by atoms with Crippen LogP contribution < -0.4 is 0 Å². The van der Waals surface area contributed by atoms with Crippen LogP contribution in [0.25, 0.3) is 0 Å². The molecule has 4 nitrogen and oxygen atoms in total. The van der Waals surface area contributed by atoms with E-state index in [1.165, 1.54) is 7.11 Å². The normalized spacial score (nSPS) is 11.9. The van der Waals surface area contributed by atoms with Gasteiger partial charge >= 0.3 is 5.97 Å². The smallest absolute Gasteiger partial charge is 0.305 e. The maximum Gasteiger partial charge on any atom is 0.305 e. The van der Waals surface area contributed by atoms with Crippen LogP contribution in [-0.4, -0.2) is 29.2 Å². The van der Waals surface area contributed by atoms with Crippen molar-refractivity contribution in [3.8, 4) is 0 Å². The molecule has 0 bridgehead atoms. The Kier molecular flexibility index (Phi) is 5.72. The van der Waals surface area contributed by atoms with Crippen LogP contribution in [0.3, 0.4) is 0 Å². The number of hydrogen-bond donors (Lipinski definition) is 0. The van der Waals surface area contributed by atoms with Crippen LogP contribution in [0.2, 0.25) is 0 Å². The first-order chi connectivity index (χ1) is 8.13. The Morgan fingerprint density at radius 1 is 1.24 bits per heavy atom. The summed E-state index contributed by atoms with van der Waals surface area (Å²) in [6, 6.07) is 8.78. The molecular weight excluding hydrogens is 240 g/mol. The molecule has 1 atom stereocenters. The Balaban J connectivity index is 2.39. The van der Waals surface area contributed by atoms with Crippen LogP contribution in [0, 0.1) is 0 Å². The summed E-state index contributed by atoms with van der Waals surface area (Å²) < 4.78 is 16.2. The van der Waals surface area contributed by atoms with Gasteiger partial charge < -0.3 is 9.29 Å². The third-order valence-electron chi connectivity index (χ3n) is 2.13. The fourth-order valence-corrected chi connectivity index (χ4v) is 2.28. The van der Waals surface area contributed by atoms with E-state index in [0.29, 0.717) is 4.90 Å². The van der Waals surface area contributed by atoms with Crippen LogP contribution in [-0.2, 0) is 25.5 Å². The Bertz CT molecular complexity index is 377. The minimum absolute atomic E-state index is 0.0430. The van der Waals surface area contributed by atoms with Gasteiger partial charge in [-0.1, -0.05) is 18.2 Å². The lowest BCUT2D eigenvalue weighted by molar-refractivity contribution is -0.141. The van der Waals surface area contributed by atoms with Crippen molar-refractivity contribution < 1.29 is 18.9 Å². The molecule has 0 aliphatic heterocycles. The standard InChI is InChI=1S/C12H14O4S/c1-16-12(14)8-7-10(13)9-17(15)11-5-3-2-4-6-11/h2-6H,7-9H2,1H3. The van der Waals surface area contributed by atoms with Crippen LogP contribution in [0.4, 0.5) is 0 Å². The predicted molar refractivity (Wildman–Crippen MR) is 64.0 cm³/mol. The first-order valence-corrected chi connectivity index (χ1v) is 6.47. The minimum Gasteiger partial charge on any atom is -0.611 e. The molecule has 17 heavy (non-hydrogen) atoms. The van der Waals surface area contributed by atoms with Crippen molar-refractivity contribution in [1.82, 2.24) is 0 Å². The van der Waals surface area contributed by atoms with Crippen LogP contribution in [0.15, 0.2) is 35.2 Å². The first kappa shape index (κ1) is 13.7. The molecule has 5 heteroatoms. The van der Waals surface area contributed by atoms with E-state index in [1.807, 2.05) is 6.07 Å². The first-order valence-electron chi connectivity index (χ1n) is 5.15.